The highest BCUT2D eigenvalue weighted by Crippen LogP contribution is 2.33. The minimum Gasteiger partial charge on any atom is -0.322 e. The fourth-order valence-electron chi connectivity index (χ4n) is 3.81. The molecule has 4 rings (SSSR count). The number of carbonyl (C=O) groups excluding carboxylic acids is 1. The molecule has 0 aliphatic heterocycles. The molecule has 2 aromatic heterocycles. The van der Waals surface area contributed by atoms with Crippen molar-refractivity contribution in [2.24, 2.45) is 9.98 Å². The molecule has 41 heavy (non-hydrogen) atoms. The first-order chi connectivity index (χ1) is 19.6. The average Bonchev–Trinajstić information content (AvgIpc) is 3.39. The maximum Gasteiger partial charge on any atom is 0.416 e. The number of imidazole rings is 1. The third kappa shape index (κ3) is 7.31. The van der Waals surface area contributed by atoms with Crippen molar-refractivity contribution in [1.29, 1.82) is 0 Å². The number of benzene rings is 2. The molecule has 0 saturated carbocycles. The van der Waals surface area contributed by atoms with Gasteiger partial charge in [-0.2, -0.15) is 13.2 Å². The first kappa shape index (κ1) is 28.9. The summed E-state index contributed by atoms with van der Waals surface area (Å²) in [6.45, 7) is 5.28. The standard InChI is InChI=1S/C29H26F3N7O2/c1-4-6-25(21-7-5-10-33-15-21)36-28(38-41)37-26-11-20(9-8-18(26)2)27(40)35-23-12-22(29(30,31)32)13-24(14-23)39-16-19(3)34-17-39/h4-17,41H,1-3H3,(H,35,40)(H,37,38)/b6-4-,36-25?. The molecule has 0 unspecified atom stereocenters. The van der Waals surface area contributed by atoms with Crippen molar-refractivity contribution < 1.29 is 23.2 Å². The Morgan fingerprint density at radius 3 is 2.54 bits per heavy atom. The number of anilines is 1. The maximum atomic E-state index is 13.6. The summed E-state index contributed by atoms with van der Waals surface area (Å²) >= 11 is 0. The lowest BCUT2D eigenvalue weighted by atomic mass is 10.1. The van der Waals surface area contributed by atoms with Crippen LogP contribution < -0.4 is 10.8 Å². The number of guanidine groups is 1. The van der Waals surface area contributed by atoms with Crippen LogP contribution in [0.3, 0.4) is 0 Å². The van der Waals surface area contributed by atoms with Gasteiger partial charge in [-0.05, 0) is 74.9 Å². The largest absolute Gasteiger partial charge is 0.416 e. The van der Waals surface area contributed by atoms with Crippen LogP contribution >= 0.6 is 0 Å². The molecule has 0 radical (unpaired) electrons. The molecule has 0 fully saturated rings. The molecule has 3 N–H and O–H groups in total. The molecule has 210 valence electrons. The van der Waals surface area contributed by atoms with Gasteiger partial charge in [-0.25, -0.2) is 20.4 Å². The van der Waals surface area contributed by atoms with Crippen LogP contribution in [0.5, 0.6) is 0 Å². The van der Waals surface area contributed by atoms with Gasteiger partial charge in [0.05, 0.1) is 29.0 Å². The molecule has 0 aliphatic rings. The van der Waals surface area contributed by atoms with E-state index in [0.29, 0.717) is 28.2 Å². The van der Waals surface area contributed by atoms with Gasteiger partial charge in [0.15, 0.2) is 0 Å². The summed E-state index contributed by atoms with van der Waals surface area (Å²) in [4.78, 5) is 30.0. The number of amides is 1. The number of halogens is 3. The van der Waals surface area contributed by atoms with Gasteiger partial charge in [0.25, 0.3) is 5.91 Å². The highest BCUT2D eigenvalue weighted by atomic mass is 19.4. The van der Waals surface area contributed by atoms with Gasteiger partial charge in [-0.1, -0.05) is 12.1 Å². The van der Waals surface area contributed by atoms with E-state index in [1.54, 1.807) is 62.8 Å². The molecule has 0 saturated heterocycles. The Morgan fingerprint density at radius 1 is 1.10 bits per heavy atom. The summed E-state index contributed by atoms with van der Waals surface area (Å²) in [7, 11) is 0. The van der Waals surface area contributed by atoms with Gasteiger partial charge < -0.3 is 9.88 Å². The fraction of sp³-hybridized carbons (Fsp3) is 0.138. The van der Waals surface area contributed by atoms with Gasteiger partial charge in [0.1, 0.15) is 0 Å². The quantitative estimate of drug-likeness (QED) is 0.148. The van der Waals surface area contributed by atoms with E-state index in [9.17, 15) is 23.2 Å². The fourth-order valence-corrected chi connectivity index (χ4v) is 3.81. The first-order valence-electron chi connectivity index (χ1n) is 12.3. The van der Waals surface area contributed by atoms with Crippen LogP contribution in [0.25, 0.3) is 5.69 Å². The first-order valence-corrected chi connectivity index (χ1v) is 12.3. The minimum absolute atomic E-state index is 0.0495. The van der Waals surface area contributed by atoms with Gasteiger partial charge in [0.2, 0.25) is 5.96 Å². The topological polar surface area (TPSA) is 117 Å². The van der Waals surface area contributed by atoms with Gasteiger partial charge in [-0.15, -0.1) is 0 Å². The van der Waals surface area contributed by atoms with Crippen LogP contribution in [0.4, 0.5) is 24.5 Å². The number of hydrogen-bond donors (Lipinski definition) is 3. The van der Waals surface area contributed by atoms with Crippen molar-refractivity contribution in [3.63, 3.8) is 0 Å². The van der Waals surface area contributed by atoms with Crippen LogP contribution in [0.15, 0.2) is 95.6 Å². The predicted molar refractivity (Wildman–Crippen MR) is 150 cm³/mol. The summed E-state index contributed by atoms with van der Waals surface area (Å²) in [5.74, 6) is -0.804. The van der Waals surface area contributed by atoms with Crippen LogP contribution in [-0.2, 0) is 6.18 Å². The SMILES string of the molecule is C/C=C\C(=NC(=Nc1cc(C(=O)Nc2cc(-n3cnc(C)c3)cc(C(F)(F)F)c2)ccc1C)NO)c1cccnc1. The minimum atomic E-state index is -4.63. The third-order valence-corrected chi connectivity index (χ3v) is 5.82. The van der Waals surface area contributed by atoms with Crippen LogP contribution in [0.1, 0.15) is 39.7 Å². The van der Waals surface area contributed by atoms with Crippen LogP contribution in [0.2, 0.25) is 0 Å². The second-order valence-electron chi connectivity index (χ2n) is 8.93. The third-order valence-electron chi connectivity index (χ3n) is 5.82. The van der Waals surface area contributed by atoms with Gasteiger partial charge in [-0.3, -0.25) is 15.0 Å². The summed E-state index contributed by atoms with van der Waals surface area (Å²) in [6, 6.07) is 11.4. The number of nitrogens with zero attached hydrogens (tertiary/aromatic N) is 5. The number of aromatic nitrogens is 3. The monoisotopic (exact) mass is 561 g/mol. The highest BCUT2D eigenvalue weighted by Gasteiger charge is 2.31. The number of carbonyl (C=O) groups is 1. The lowest BCUT2D eigenvalue weighted by molar-refractivity contribution is -0.137. The Bertz CT molecular complexity index is 1640. The highest BCUT2D eigenvalue weighted by molar-refractivity contribution is 6.13. The Morgan fingerprint density at radius 2 is 1.90 bits per heavy atom. The molecular weight excluding hydrogens is 535 g/mol. The average molecular weight is 562 g/mol. The number of rotatable bonds is 6. The summed E-state index contributed by atoms with van der Waals surface area (Å²) in [5.41, 5.74) is 4.06. The number of alkyl halides is 3. The summed E-state index contributed by atoms with van der Waals surface area (Å²) in [6.07, 6.45) is 5.06. The van der Waals surface area contributed by atoms with E-state index in [4.69, 9.17) is 0 Å². The van der Waals surface area contributed by atoms with E-state index >= 15 is 0 Å². The van der Waals surface area contributed by atoms with E-state index in [2.05, 4.69) is 25.3 Å². The van der Waals surface area contributed by atoms with Crippen molar-refractivity contribution in [3.05, 3.63) is 114 Å². The molecule has 0 bridgehead atoms. The number of pyridine rings is 1. The zero-order chi connectivity index (χ0) is 29.6. The van der Waals surface area contributed by atoms with E-state index < -0.39 is 17.6 Å². The zero-order valence-corrected chi connectivity index (χ0v) is 22.3. The maximum absolute atomic E-state index is 13.6. The molecule has 0 atom stereocenters. The molecule has 4 aromatic rings. The molecule has 0 spiro atoms. The normalized spacial score (nSPS) is 12.6. The second kappa shape index (κ2) is 12.4. The Balaban J connectivity index is 1.66. The van der Waals surface area contributed by atoms with Crippen LogP contribution in [0, 0.1) is 13.8 Å². The van der Waals surface area contributed by atoms with Crippen molar-refractivity contribution in [2.75, 3.05) is 5.32 Å². The molecule has 2 aromatic carbocycles. The van der Waals surface area contributed by atoms with Crippen molar-refractivity contribution in [2.45, 2.75) is 26.9 Å². The van der Waals surface area contributed by atoms with Crippen molar-refractivity contribution in [3.8, 4) is 5.69 Å². The number of hydroxylamine groups is 1. The van der Waals surface area contributed by atoms with Gasteiger partial charge >= 0.3 is 6.18 Å². The van der Waals surface area contributed by atoms with E-state index in [1.165, 1.54) is 29.1 Å². The Kier molecular flexibility index (Phi) is 8.73. The second-order valence-corrected chi connectivity index (χ2v) is 8.93. The number of nitrogens with one attached hydrogen (secondary N) is 2. The number of aliphatic imine (C=N–C) groups is 2. The lowest BCUT2D eigenvalue weighted by Crippen LogP contribution is -2.18. The van der Waals surface area contributed by atoms with Crippen LogP contribution in [-0.4, -0.2) is 37.3 Å². The number of allylic oxidation sites excluding steroid dienone is 2. The molecule has 9 nitrogen and oxygen atoms in total. The lowest BCUT2D eigenvalue weighted by Gasteiger charge is -2.14. The molecule has 1 amide bonds. The smallest absolute Gasteiger partial charge is 0.322 e. The number of aryl methyl sites for hydroxylation is 2. The molecule has 12 heteroatoms. The molecule has 2 heterocycles. The number of hydrogen-bond acceptors (Lipinski definition) is 5. The van der Waals surface area contributed by atoms with E-state index in [1.807, 2.05) is 12.4 Å². The molecule has 0 aliphatic carbocycles. The van der Waals surface area contributed by atoms with Crippen molar-refractivity contribution >= 4 is 29.0 Å². The van der Waals surface area contributed by atoms with Crippen molar-refractivity contribution in [1.82, 2.24) is 20.0 Å². The molecular formula is C29H26F3N7O2. The Hall–Kier alpha value is -5.10. The summed E-state index contributed by atoms with van der Waals surface area (Å²) < 4.78 is 42.3. The Labute approximate surface area is 233 Å². The van der Waals surface area contributed by atoms with E-state index in [0.717, 1.165) is 12.1 Å². The summed E-state index contributed by atoms with van der Waals surface area (Å²) in [5, 5.41) is 12.3. The van der Waals surface area contributed by atoms with Gasteiger partial charge in [0, 0.05) is 41.1 Å². The zero-order valence-electron chi connectivity index (χ0n) is 22.3. The predicted octanol–water partition coefficient (Wildman–Crippen LogP) is 6.19. The van der Waals surface area contributed by atoms with E-state index in [-0.39, 0.29) is 22.9 Å².